The van der Waals surface area contributed by atoms with Crippen LogP contribution in [-0.4, -0.2) is 9.78 Å². The van der Waals surface area contributed by atoms with Crippen molar-refractivity contribution >= 4 is 23.2 Å². The molecule has 2 aromatic rings. The lowest BCUT2D eigenvalue weighted by atomic mass is 10.2. The first kappa shape index (κ1) is 11.5. The van der Waals surface area contributed by atoms with Crippen molar-refractivity contribution in [2.75, 3.05) is 0 Å². The zero-order valence-corrected chi connectivity index (χ0v) is 10.5. The van der Waals surface area contributed by atoms with Gasteiger partial charge in [0.05, 0.1) is 12.2 Å². The summed E-state index contributed by atoms with van der Waals surface area (Å²) in [5.41, 5.74) is 2.10. The number of nitrogens with zero attached hydrogens (tertiary/aromatic N) is 2. The van der Waals surface area contributed by atoms with Crippen molar-refractivity contribution in [2.45, 2.75) is 19.9 Å². The molecule has 4 heteroatoms. The molecular weight excluding hydrogens is 243 g/mol. The van der Waals surface area contributed by atoms with E-state index >= 15 is 0 Å². The van der Waals surface area contributed by atoms with Crippen LogP contribution in [0.1, 0.15) is 18.2 Å². The number of aromatic nitrogens is 2. The molecule has 0 amide bonds. The van der Waals surface area contributed by atoms with Crippen molar-refractivity contribution in [3.05, 3.63) is 51.8 Å². The molecular formula is C12H12Cl2N2. The molecule has 0 bridgehead atoms. The first-order valence-corrected chi connectivity index (χ1v) is 5.91. The minimum atomic E-state index is 0.652. The third-order valence-electron chi connectivity index (χ3n) is 2.37. The van der Waals surface area contributed by atoms with Crippen molar-refractivity contribution < 1.29 is 0 Å². The van der Waals surface area contributed by atoms with E-state index in [1.54, 1.807) is 4.68 Å². The zero-order chi connectivity index (χ0) is 11.5. The number of benzene rings is 1. The molecule has 0 radical (unpaired) electrons. The quantitative estimate of drug-likeness (QED) is 0.815. The Hall–Kier alpha value is -0.990. The van der Waals surface area contributed by atoms with E-state index < -0.39 is 0 Å². The topological polar surface area (TPSA) is 17.8 Å². The minimum Gasteiger partial charge on any atom is -0.249 e. The third kappa shape index (κ3) is 2.57. The molecule has 0 fully saturated rings. The Kier molecular flexibility index (Phi) is 3.52. The molecule has 0 aliphatic heterocycles. The molecule has 1 heterocycles. The SMILES string of the molecule is CCc1cc(Cl)n(Cc2cccc(Cl)c2)n1. The summed E-state index contributed by atoms with van der Waals surface area (Å²) >= 11 is 12.0. The maximum atomic E-state index is 6.08. The standard InChI is InChI=1S/C12H12Cl2N2/c1-2-11-7-12(14)16(15-11)8-9-4-3-5-10(13)6-9/h3-7H,2,8H2,1H3. The van der Waals surface area contributed by atoms with Gasteiger partial charge in [-0.3, -0.25) is 0 Å². The molecule has 0 aliphatic carbocycles. The molecule has 0 saturated heterocycles. The molecule has 1 aromatic carbocycles. The fraction of sp³-hybridized carbons (Fsp3) is 0.250. The van der Waals surface area contributed by atoms with Crippen LogP contribution in [0.15, 0.2) is 30.3 Å². The fourth-order valence-electron chi connectivity index (χ4n) is 1.54. The summed E-state index contributed by atoms with van der Waals surface area (Å²) in [4.78, 5) is 0. The average molecular weight is 255 g/mol. The van der Waals surface area contributed by atoms with Gasteiger partial charge in [-0.05, 0) is 30.2 Å². The van der Waals surface area contributed by atoms with Crippen molar-refractivity contribution in [3.8, 4) is 0 Å². The number of halogens is 2. The second-order valence-corrected chi connectivity index (χ2v) is 4.42. The lowest BCUT2D eigenvalue weighted by Gasteiger charge is -2.03. The predicted molar refractivity (Wildman–Crippen MR) is 67.2 cm³/mol. The second-order valence-electron chi connectivity index (χ2n) is 3.60. The predicted octanol–water partition coefficient (Wildman–Crippen LogP) is 3.80. The van der Waals surface area contributed by atoms with E-state index in [1.165, 1.54) is 0 Å². The van der Waals surface area contributed by atoms with Gasteiger partial charge in [-0.2, -0.15) is 5.10 Å². The molecule has 0 aliphatic rings. The number of aryl methyl sites for hydroxylation is 1. The third-order valence-corrected chi connectivity index (χ3v) is 2.90. The summed E-state index contributed by atoms with van der Waals surface area (Å²) in [5, 5.41) is 5.79. The molecule has 0 atom stereocenters. The van der Waals surface area contributed by atoms with Crippen molar-refractivity contribution in [3.63, 3.8) is 0 Å². The van der Waals surface area contributed by atoms with Crippen LogP contribution in [0, 0.1) is 0 Å². The average Bonchev–Trinajstić information content (AvgIpc) is 2.60. The summed E-state index contributed by atoms with van der Waals surface area (Å²) in [7, 11) is 0. The van der Waals surface area contributed by atoms with Gasteiger partial charge < -0.3 is 0 Å². The second kappa shape index (κ2) is 4.89. The first-order chi connectivity index (χ1) is 7.69. The van der Waals surface area contributed by atoms with Gasteiger partial charge >= 0.3 is 0 Å². The molecule has 84 valence electrons. The van der Waals surface area contributed by atoms with Crippen LogP contribution in [0.2, 0.25) is 10.2 Å². The van der Waals surface area contributed by atoms with Crippen LogP contribution in [-0.2, 0) is 13.0 Å². The first-order valence-electron chi connectivity index (χ1n) is 5.15. The Morgan fingerprint density at radius 1 is 1.25 bits per heavy atom. The van der Waals surface area contributed by atoms with Crippen LogP contribution < -0.4 is 0 Å². The van der Waals surface area contributed by atoms with Crippen LogP contribution in [0.5, 0.6) is 0 Å². The van der Waals surface area contributed by atoms with E-state index in [1.807, 2.05) is 30.3 Å². The van der Waals surface area contributed by atoms with E-state index in [9.17, 15) is 0 Å². The molecule has 2 rings (SSSR count). The van der Waals surface area contributed by atoms with E-state index in [2.05, 4.69) is 12.0 Å². The molecule has 1 aromatic heterocycles. The van der Waals surface area contributed by atoms with E-state index in [-0.39, 0.29) is 0 Å². The van der Waals surface area contributed by atoms with Crippen molar-refractivity contribution in [1.82, 2.24) is 9.78 Å². The van der Waals surface area contributed by atoms with E-state index in [0.29, 0.717) is 11.7 Å². The Morgan fingerprint density at radius 2 is 2.06 bits per heavy atom. The highest BCUT2D eigenvalue weighted by Crippen LogP contribution is 2.16. The van der Waals surface area contributed by atoms with E-state index in [4.69, 9.17) is 23.2 Å². The number of hydrogen-bond acceptors (Lipinski definition) is 1. The number of rotatable bonds is 3. The summed E-state index contributed by atoms with van der Waals surface area (Å²) in [6.07, 6.45) is 0.891. The maximum absolute atomic E-state index is 6.08. The summed E-state index contributed by atoms with van der Waals surface area (Å²) in [6, 6.07) is 9.61. The fourth-order valence-corrected chi connectivity index (χ4v) is 1.97. The highest BCUT2D eigenvalue weighted by atomic mass is 35.5. The molecule has 0 unspecified atom stereocenters. The Balaban J connectivity index is 2.23. The van der Waals surface area contributed by atoms with Gasteiger partial charge in [0.25, 0.3) is 0 Å². The van der Waals surface area contributed by atoms with Gasteiger partial charge in [0, 0.05) is 5.02 Å². The molecule has 0 N–H and O–H groups in total. The molecule has 0 spiro atoms. The Morgan fingerprint density at radius 3 is 2.69 bits per heavy atom. The minimum absolute atomic E-state index is 0.652. The van der Waals surface area contributed by atoms with Crippen molar-refractivity contribution in [2.24, 2.45) is 0 Å². The Labute approximate surface area is 105 Å². The van der Waals surface area contributed by atoms with Gasteiger partial charge in [-0.15, -0.1) is 0 Å². The highest BCUT2D eigenvalue weighted by Gasteiger charge is 2.05. The van der Waals surface area contributed by atoms with Gasteiger partial charge in [0.2, 0.25) is 0 Å². The Bertz CT molecular complexity index is 492. The van der Waals surface area contributed by atoms with Crippen LogP contribution >= 0.6 is 23.2 Å². The normalized spacial score (nSPS) is 10.7. The van der Waals surface area contributed by atoms with Gasteiger partial charge in [-0.1, -0.05) is 42.3 Å². The number of hydrogen-bond donors (Lipinski definition) is 0. The van der Waals surface area contributed by atoms with E-state index in [0.717, 1.165) is 22.7 Å². The summed E-state index contributed by atoms with van der Waals surface area (Å²) in [5.74, 6) is 0. The molecule has 0 saturated carbocycles. The van der Waals surface area contributed by atoms with Gasteiger partial charge in [0.1, 0.15) is 5.15 Å². The lowest BCUT2D eigenvalue weighted by Crippen LogP contribution is -2.02. The van der Waals surface area contributed by atoms with Crippen molar-refractivity contribution in [1.29, 1.82) is 0 Å². The highest BCUT2D eigenvalue weighted by molar-refractivity contribution is 6.30. The van der Waals surface area contributed by atoms with Crippen LogP contribution in [0.25, 0.3) is 0 Å². The zero-order valence-electron chi connectivity index (χ0n) is 8.95. The molecule has 16 heavy (non-hydrogen) atoms. The molecule has 2 nitrogen and oxygen atoms in total. The van der Waals surface area contributed by atoms with Gasteiger partial charge in [0.15, 0.2) is 0 Å². The maximum Gasteiger partial charge on any atom is 0.127 e. The monoisotopic (exact) mass is 254 g/mol. The summed E-state index contributed by atoms with van der Waals surface area (Å²) in [6.45, 7) is 2.71. The van der Waals surface area contributed by atoms with Crippen LogP contribution in [0.4, 0.5) is 0 Å². The smallest absolute Gasteiger partial charge is 0.127 e. The van der Waals surface area contributed by atoms with Gasteiger partial charge in [-0.25, -0.2) is 4.68 Å². The largest absolute Gasteiger partial charge is 0.249 e. The van der Waals surface area contributed by atoms with Crippen LogP contribution in [0.3, 0.4) is 0 Å². The summed E-state index contributed by atoms with van der Waals surface area (Å²) < 4.78 is 1.78. The lowest BCUT2D eigenvalue weighted by molar-refractivity contribution is 0.674.